The maximum atomic E-state index is 4.76. The fourth-order valence-electron chi connectivity index (χ4n) is 0.335. The number of imidazole rings is 1. The molecule has 2 nitrogen and oxygen atoms in total. The fraction of sp³-hybridized carbons (Fsp3) is 0. The smallest absolute Gasteiger partial charge is 0.0765 e. The van der Waals surface area contributed by atoms with Gasteiger partial charge < -0.3 is 3.97 Å². The first-order valence-corrected chi connectivity index (χ1v) is 4.91. The van der Waals surface area contributed by atoms with E-state index in [0.717, 1.165) is 0 Å². The average molecular weight is 163 g/mol. The summed E-state index contributed by atoms with van der Waals surface area (Å²) in [6.45, 7) is 0. The molecule has 0 spiro atoms. The minimum Gasteiger partial charge on any atom is -0.416 e. The van der Waals surface area contributed by atoms with E-state index in [1.165, 1.54) is 0 Å². The van der Waals surface area contributed by atoms with Crippen LogP contribution in [-0.2, 0) is 30.6 Å². The molecule has 0 aliphatic rings. The van der Waals surface area contributed by atoms with Gasteiger partial charge in [-0.15, -0.1) is 0 Å². The molecule has 0 radical (unpaired) electrons. The molecule has 0 fully saturated rings. The second-order valence-electron chi connectivity index (χ2n) is 1.14. The molecule has 0 unspecified atom stereocenters. The zero-order chi connectivity index (χ0) is 5.98. The Balaban J connectivity index is 3.11. The Kier molecular flexibility index (Phi) is 1.93. The molecule has 0 amide bonds. The van der Waals surface area contributed by atoms with Gasteiger partial charge in [0, 0.05) is 12.4 Å². The van der Waals surface area contributed by atoms with E-state index in [0.29, 0.717) is 0 Å². The van der Waals surface area contributed by atoms with Crippen molar-refractivity contribution in [3.63, 3.8) is 0 Å². The highest BCUT2D eigenvalue weighted by Crippen LogP contribution is 1.81. The second-order valence-corrected chi connectivity index (χ2v) is 4.52. The van der Waals surface area contributed by atoms with Gasteiger partial charge in [0.25, 0.3) is 0 Å². The van der Waals surface area contributed by atoms with Crippen molar-refractivity contribution in [1.82, 2.24) is 8.96 Å². The lowest BCUT2D eigenvalue weighted by atomic mass is 11.0. The van der Waals surface area contributed by atoms with Gasteiger partial charge in [0.1, 0.15) is 0 Å². The van der Waals surface area contributed by atoms with Gasteiger partial charge in [-0.05, 0) is 0 Å². The minimum atomic E-state index is -0.527. The summed E-state index contributed by atoms with van der Waals surface area (Å²) >= 11 is 9.53. The lowest BCUT2D eigenvalue weighted by molar-refractivity contribution is 1.24. The minimum absolute atomic E-state index is 0.527. The molecule has 0 saturated carbocycles. The van der Waals surface area contributed by atoms with E-state index in [-0.39, 0.29) is 0 Å². The summed E-state index contributed by atoms with van der Waals surface area (Å²) in [5, 5.41) is 0. The van der Waals surface area contributed by atoms with E-state index < -0.39 is 8.20 Å². The Morgan fingerprint density at radius 3 is 2.50 bits per heavy atom. The molecular formula is C3H3N2S3-. The van der Waals surface area contributed by atoms with Gasteiger partial charge in [0.15, 0.2) is 0 Å². The predicted molar refractivity (Wildman–Crippen MR) is 39.7 cm³/mol. The van der Waals surface area contributed by atoms with Crippen LogP contribution in [0.4, 0.5) is 0 Å². The Morgan fingerprint density at radius 2 is 2.25 bits per heavy atom. The van der Waals surface area contributed by atoms with Crippen molar-refractivity contribution in [1.29, 1.82) is 0 Å². The SMILES string of the molecule is S=[S-](=S)n1ccnc1. The summed E-state index contributed by atoms with van der Waals surface area (Å²) in [7, 11) is -0.527. The second kappa shape index (κ2) is 2.52. The van der Waals surface area contributed by atoms with Gasteiger partial charge in [-0.3, -0.25) is 8.20 Å². The van der Waals surface area contributed by atoms with Crippen LogP contribution < -0.4 is 0 Å². The maximum Gasteiger partial charge on any atom is 0.0765 e. The van der Waals surface area contributed by atoms with E-state index in [4.69, 9.17) is 22.4 Å². The van der Waals surface area contributed by atoms with Crippen molar-refractivity contribution in [2.45, 2.75) is 0 Å². The molecule has 0 saturated heterocycles. The van der Waals surface area contributed by atoms with Crippen molar-refractivity contribution in [3.8, 4) is 0 Å². The number of hydrogen-bond donors (Lipinski definition) is 0. The van der Waals surface area contributed by atoms with Gasteiger partial charge >= 0.3 is 0 Å². The maximum absolute atomic E-state index is 4.76. The van der Waals surface area contributed by atoms with Gasteiger partial charge in [-0.25, -0.2) is 27.4 Å². The molecular weight excluding hydrogens is 160 g/mol. The normalized spacial score (nSPS) is 10.1. The topological polar surface area (TPSA) is 17.8 Å². The van der Waals surface area contributed by atoms with E-state index in [9.17, 15) is 0 Å². The molecule has 0 aliphatic heterocycles. The third-order valence-electron chi connectivity index (χ3n) is 0.652. The molecule has 1 rings (SSSR count). The quantitative estimate of drug-likeness (QED) is 0.550. The zero-order valence-electron chi connectivity index (χ0n) is 3.85. The predicted octanol–water partition coefficient (Wildman–Crippen LogP) is 0.188. The summed E-state index contributed by atoms with van der Waals surface area (Å²) in [5.41, 5.74) is 0. The number of rotatable bonds is 1. The van der Waals surface area contributed by atoms with Crippen LogP contribution in [0, 0.1) is 0 Å². The van der Waals surface area contributed by atoms with Crippen LogP contribution in [0.5, 0.6) is 0 Å². The van der Waals surface area contributed by atoms with Crippen molar-refractivity contribution in [2.75, 3.05) is 0 Å². The summed E-state index contributed by atoms with van der Waals surface area (Å²) in [6.07, 6.45) is 5.06. The highest BCUT2D eigenvalue weighted by molar-refractivity contribution is 8.45. The van der Waals surface area contributed by atoms with Gasteiger partial charge in [0.2, 0.25) is 0 Å². The highest BCUT2D eigenvalue weighted by Gasteiger charge is 1.69. The van der Waals surface area contributed by atoms with Gasteiger partial charge in [-0.2, -0.15) is 0 Å². The molecule has 8 heavy (non-hydrogen) atoms. The molecule has 0 N–H and O–H groups in total. The lowest BCUT2D eigenvalue weighted by Crippen LogP contribution is -1.85. The van der Waals surface area contributed by atoms with Crippen LogP contribution in [0.1, 0.15) is 0 Å². The largest absolute Gasteiger partial charge is 0.416 e. The monoisotopic (exact) mass is 163 g/mol. The first-order chi connectivity index (χ1) is 3.80. The van der Waals surface area contributed by atoms with Gasteiger partial charge in [-0.1, -0.05) is 0 Å². The number of nitrogens with zero attached hydrogens (tertiary/aromatic N) is 2. The standard InChI is InChI=1S/C3H3N2S3/c6-8(7)5-2-1-4-3-5/h1-3H/q-1. The first kappa shape index (κ1) is 6.12. The Bertz CT molecular complexity index is 215. The molecule has 0 aliphatic carbocycles. The molecule has 1 aromatic rings. The average Bonchev–Trinajstić information content (AvgIpc) is 2.12. The summed E-state index contributed by atoms with van der Waals surface area (Å²) in [4.78, 5) is 3.78. The van der Waals surface area contributed by atoms with Crippen molar-refractivity contribution in [3.05, 3.63) is 18.7 Å². The molecule has 1 aromatic heterocycles. The van der Waals surface area contributed by atoms with E-state index >= 15 is 0 Å². The lowest BCUT2D eigenvalue weighted by Gasteiger charge is -2.00. The third kappa shape index (κ3) is 1.24. The number of hydrogen-bond acceptors (Lipinski definition) is 4. The van der Waals surface area contributed by atoms with Crippen LogP contribution in [-0.4, -0.2) is 8.96 Å². The Labute approximate surface area is 58.5 Å². The van der Waals surface area contributed by atoms with Crippen molar-refractivity contribution >= 4 is 30.6 Å². The third-order valence-corrected chi connectivity index (χ3v) is 2.25. The van der Waals surface area contributed by atoms with E-state index in [1.54, 1.807) is 22.7 Å². The van der Waals surface area contributed by atoms with E-state index in [2.05, 4.69) is 4.98 Å². The summed E-state index contributed by atoms with van der Waals surface area (Å²) < 4.78 is 1.71. The molecule has 0 bridgehead atoms. The van der Waals surface area contributed by atoms with Crippen LogP contribution in [0.3, 0.4) is 0 Å². The number of aromatic nitrogens is 2. The van der Waals surface area contributed by atoms with Crippen LogP contribution in [0.2, 0.25) is 0 Å². The Hall–Kier alpha value is -0.000000000000000167. The van der Waals surface area contributed by atoms with Crippen LogP contribution in [0.15, 0.2) is 18.7 Å². The Morgan fingerprint density at radius 1 is 1.50 bits per heavy atom. The van der Waals surface area contributed by atoms with Crippen LogP contribution >= 0.6 is 0 Å². The van der Waals surface area contributed by atoms with Crippen molar-refractivity contribution in [2.24, 2.45) is 0 Å². The summed E-state index contributed by atoms with van der Waals surface area (Å²) in [6, 6.07) is 0. The molecule has 5 heteroatoms. The fourth-order valence-corrected chi connectivity index (χ4v) is 1.15. The zero-order valence-corrected chi connectivity index (χ0v) is 6.30. The first-order valence-electron chi connectivity index (χ1n) is 1.88. The molecule has 0 atom stereocenters. The molecule has 44 valence electrons. The van der Waals surface area contributed by atoms with Crippen molar-refractivity contribution < 1.29 is 0 Å². The highest BCUT2D eigenvalue weighted by atomic mass is 33.1. The molecule has 0 aromatic carbocycles. The van der Waals surface area contributed by atoms with Crippen LogP contribution in [0.25, 0.3) is 0 Å². The summed E-state index contributed by atoms with van der Waals surface area (Å²) in [5.74, 6) is 0. The molecule has 1 heterocycles. The van der Waals surface area contributed by atoms with E-state index in [1.807, 2.05) is 0 Å². The van der Waals surface area contributed by atoms with Gasteiger partial charge in [0.05, 0.1) is 6.33 Å².